The third kappa shape index (κ3) is 2.29. The maximum absolute atomic E-state index is 4.39. The molecule has 14 heavy (non-hydrogen) atoms. The quantitative estimate of drug-likeness (QED) is 0.792. The Bertz CT molecular complexity index is 331. The van der Waals surface area contributed by atoms with Gasteiger partial charge in [0.1, 0.15) is 5.82 Å². The zero-order valence-electron chi connectivity index (χ0n) is 8.23. The maximum atomic E-state index is 4.39. The molecular formula is C9H14N4S. The van der Waals surface area contributed by atoms with E-state index in [-0.39, 0.29) is 0 Å². The summed E-state index contributed by atoms with van der Waals surface area (Å²) in [5, 5.41) is 4.35. The summed E-state index contributed by atoms with van der Waals surface area (Å²) in [4.78, 5) is 8.63. The first-order valence-corrected chi connectivity index (χ1v) is 5.72. The van der Waals surface area contributed by atoms with Gasteiger partial charge in [-0.25, -0.2) is 4.98 Å². The van der Waals surface area contributed by atoms with Crippen LogP contribution in [0.5, 0.6) is 0 Å². The molecular weight excluding hydrogens is 196 g/mol. The van der Waals surface area contributed by atoms with E-state index < -0.39 is 0 Å². The molecule has 76 valence electrons. The van der Waals surface area contributed by atoms with E-state index in [0.717, 1.165) is 24.1 Å². The average molecular weight is 210 g/mol. The summed E-state index contributed by atoms with van der Waals surface area (Å²) in [6, 6.07) is 0. The molecule has 1 aromatic rings. The van der Waals surface area contributed by atoms with Gasteiger partial charge in [0.15, 0.2) is 5.17 Å². The van der Waals surface area contributed by atoms with E-state index in [9.17, 15) is 0 Å². The Balaban J connectivity index is 1.88. The summed E-state index contributed by atoms with van der Waals surface area (Å²) >= 11 is 1.79. The van der Waals surface area contributed by atoms with E-state index in [0.29, 0.717) is 0 Å². The zero-order chi connectivity index (χ0) is 9.80. The van der Waals surface area contributed by atoms with Crippen LogP contribution in [0.4, 0.5) is 0 Å². The molecule has 4 nitrogen and oxygen atoms in total. The fourth-order valence-electron chi connectivity index (χ4n) is 1.29. The van der Waals surface area contributed by atoms with Gasteiger partial charge in [0, 0.05) is 31.7 Å². The standard InChI is InChI=1S/C9H14N4S/c1-13-5-4-10-8(13)7-12-9-11-3-2-6-14-9/h4-5H,2-3,6-7H2,1H3,(H,11,12). The number of hydrogen-bond acceptors (Lipinski definition) is 4. The van der Waals surface area contributed by atoms with Crippen LogP contribution < -0.4 is 5.32 Å². The number of nitrogens with one attached hydrogen (secondary N) is 1. The molecule has 2 heterocycles. The van der Waals surface area contributed by atoms with E-state index in [1.54, 1.807) is 11.8 Å². The second-order valence-corrected chi connectivity index (χ2v) is 4.28. The van der Waals surface area contributed by atoms with Crippen LogP contribution in [-0.2, 0) is 13.6 Å². The molecule has 1 aliphatic rings. The Morgan fingerprint density at radius 1 is 1.64 bits per heavy atom. The molecule has 0 unspecified atom stereocenters. The molecule has 0 aliphatic carbocycles. The van der Waals surface area contributed by atoms with Gasteiger partial charge < -0.3 is 9.88 Å². The molecule has 1 N–H and O–H groups in total. The highest BCUT2D eigenvalue weighted by Crippen LogP contribution is 2.10. The van der Waals surface area contributed by atoms with Gasteiger partial charge in [-0.15, -0.1) is 0 Å². The monoisotopic (exact) mass is 210 g/mol. The number of imidazole rings is 1. The number of amidine groups is 1. The molecule has 0 saturated carbocycles. The van der Waals surface area contributed by atoms with Crippen LogP contribution in [0, 0.1) is 0 Å². The van der Waals surface area contributed by atoms with Crippen molar-refractivity contribution < 1.29 is 0 Å². The van der Waals surface area contributed by atoms with Gasteiger partial charge in [-0.2, -0.15) is 0 Å². The molecule has 1 aliphatic heterocycles. The topological polar surface area (TPSA) is 42.2 Å². The van der Waals surface area contributed by atoms with Crippen molar-refractivity contribution in [2.24, 2.45) is 12.0 Å². The van der Waals surface area contributed by atoms with Gasteiger partial charge >= 0.3 is 0 Å². The molecule has 0 amide bonds. The van der Waals surface area contributed by atoms with Crippen LogP contribution >= 0.6 is 11.8 Å². The molecule has 1 aromatic heterocycles. The first kappa shape index (κ1) is 9.58. The summed E-state index contributed by atoms with van der Waals surface area (Å²) in [6.07, 6.45) is 4.96. The normalized spacial score (nSPS) is 16.5. The van der Waals surface area contributed by atoms with Crippen LogP contribution in [0.2, 0.25) is 0 Å². The summed E-state index contributed by atoms with van der Waals surface area (Å²) in [7, 11) is 2.00. The summed E-state index contributed by atoms with van der Waals surface area (Å²) < 4.78 is 2.01. The van der Waals surface area contributed by atoms with E-state index in [1.807, 2.05) is 24.0 Å². The molecule has 0 radical (unpaired) electrons. The molecule has 0 spiro atoms. The molecule has 0 atom stereocenters. The average Bonchev–Trinajstić information content (AvgIpc) is 2.63. The van der Waals surface area contributed by atoms with Crippen molar-refractivity contribution in [2.75, 3.05) is 12.3 Å². The van der Waals surface area contributed by atoms with Crippen molar-refractivity contribution in [3.8, 4) is 0 Å². The Morgan fingerprint density at radius 3 is 3.21 bits per heavy atom. The molecule has 0 saturated heterocycles. The van der Waals surface area contributed by atoms with Crippen molar-refractivity contribution in [2.45, 2.75) is 13.0 Å². The highest BCUT2D eigenvalue weighted by atomic mass is 32.2. The molecule has 2 rings (SSSR count). The summed E-state index contributed by atoms with van der Waals surface area (Å²) in [5.74, 6) is 2.21. The van der Waals surface area contributed by atoms with Crippen molar-refractivity contribution in [1.29, 1.82) is 0 Å². The highest BCUT2D eigenvalue weighted by molar-refractivity contribution is 8.13. The van der Waals surface area contributed by atoms with Crippen molar-refractivity contribution in [1.82, 2.24) is 14.9 Å². The molecule has 0 bridgehead atoms. The van der Waals surface area contributed by atoms with Gasteiger partial charge in [-0.1, -0.05) is 11.8 Å². The predicted molar refractivity (Wildman–Crippen MR) is 59.4 cm³/mol. The fourth-order valence-corrected chi connectivity index (χ4v) is 2.11. The van der Waals surface area contributed by atoms with Gasteiger partial charge in [0.05, 0.1) is 6.54 Å². The first-order valence-electron chi connectivity index (χ1n) is 4.73. The van der Waals surface area contributed by atoms with Crippen LogP contribution in [0.15, 0.2) is 17.4 Å². The van der Waals surface area contributed by atoms with E-state index in [4.69, 9.17) is 0 Å². The Labute approximate surface area is 87.8 Å². The zero-order valence-corrected chi connectivity index (χ0v) is 9.05. The van der Waals surface area contributed by atoms with Gasteiger partial charge in [0.2, 0.25) is 0 Å². The van der Waals surface area contributed by atoms with Crippen LogP contribution in [0.3, 0.4) is 0 Å². The Kier molecular flexibility index (Phi) is 3.08. The van der Waals surface area contributed by atoms with Crippen LogP contribution in [0.1, 0.15) is 12.2 Å². The van der Waals surface area contributed by atoms with Crippen molar-refractivity contribution >= 4 is 16.9 Å². The predicted octanol–water partition coefficient (Wildman–Crippen LogP) is 1.00. The number of hydrogen-bond donors (Lipinski definition) is 1. The van der Waals surface area contributed by atoms with Gasteiger partial charge in [-0.05, 0) is 6.42 Å². The number of aryl methyl sites for hydroxylation is 1. The van der Waals surface area contributed by atoms with Gasteiger partial charge in [0.25, 0.3) is 0 Å². The lowest BCUT2D eigenvalue weighted by atomic mass is 10.5. The number of aromatic nitrogens is 2. The van der Waals surface area contributed by atoms with Crippen LogP contribution in [0.25, 0.3) is 0 Å². The SMILES string of the molecule is Cn1ccnc1CNC1=NCCCS1. The third-order valence-corrected chi connectivity index (χ3v) is 3.16. The number of aliphatic imine (C=N–C) groups is 1. The van der Waals surface area contributed by atoms with E-state index in [2.05, 4.69) is 15.3 Å². The minimum Gasteiger partial charge on any atom is -0.358 e. The molecule has 5 heteroatoms. The first-order chi connectivity index (χ1) is 6.86. The second kappa shape index (κ2) is 4.50. The minimum atomic E-state index is 0.759. The molecule has 0 aromatic carbocycles. The van der Waals surface area contributed by atoms with E-state index in [1.165, 1.54) is 12.2 Å². The Hall–Kier alpha value is -0.970. The maximum Gasteiger partial charge on any atom is 0.156 e. The lowest BCUT2D eigenvalue weighted by Crippen LogP contribution is -2.24. The van der Waals surface area contributed by atoms with Crippen LogP contribution in [-0.4, -0.2) is 27.0 Å². The number of nitrogens with zero attached hydrogens (tertiary/aromatic N) is 3. The third-order valence-electron chi connectivity index (χ3n) is 2.12. The fraction of sp³-hybridized carbons (Fsp3) is 0.556. The van der Waals surface area contributed by atoms with Crippen molar-refractivity contribution in [3.63, 3.8) is 0 Å². The summed E-state index contributed by atoms with van der Waals surface area (Å²) in [5.41, 5.74) is 0. The Morgan fingerprint density at radius 2 is 2.57 bits per heavy atom. The largest absolute Gasteiger partial charge is 0.358 e. The molecule has 0 fully saturated rings. The highest BCUT2D eigenvalue weighted by Gasteiger charge is 2.06. The lowest BCUT2D eigenvalue weighted by Gasteiger charge is -2.12. The van der Waals surface area contributed by atoms with Crippen molar-refractivity contribution in [3.05, 3.63) is 18.2 Å². The second-order valence-electron chi connectivity index (χ2n) is 3.20. The minimum absolute atomic E-state index is 0.759. The van der Waals surface area contributed by atoms with Gasteiger partial charge in [-0.3, -0.25) is 4.99 Å². The smallest absolute Gasteiger partial charge is 0.156 e. The van der Waals surface area contributed by atoms with E-state index >= 15 is 0 Å². The number of rotatable bonds is 2. The lowest BCUT2D eigenvalue weighted by molar-refractivity contribution is 0.750. The summed E-state index contributed by atoms with van der Waals surface area (Å²) in [6.45, 7) is 1.71. The number of thioether (sulfide) groups is 1.